The van der Waals surface area contributed by atoms with Crippen LogP contribution in [0.4, 0.5) is 17.1 Å². The molecular weight excluding hydrogens is 621 g/mol. The van der Waals surface area contributed by atoms with Crippen molar-refractivity contribution in [2.75, 3.05) is 4.90 Å². The molecule has 0 radical (unpaired) electrons. The predicted molar refractivity (Wildman–Crippen MR) is 214 cm³/mol. The zero-order valence-corrected chi connectivity index (χ0v) is 27.8. The molecule has 0 unspecified atom stereocenters. The lowest BCUT2D eigenvalue weighted by molar-refractivity contribution is 0.670. The normalized spacial score (nSPS) is 11.5. The lowest BCUT2D eigenvalue weighted by Crippen LogP contribution is -2.10. The molecule has 0 N–H and O–H groups in total. The van der Waals surface area contributed by atoms with Gasteiger partial charge in [0.15, 0.2) is 0 Å². The van der Waals surface area contributed by atoms with Crippen LogP contribution in [0.15, 0.2) is 199 Å². The second-order valence-corrected chi connectivity index (χ2v) is 12.9. The van der Waals surface area contributed by atoms with Gasteiger partial charge >= 0.3 is 0 Å². The van der Waals surface area contributed by atoms with Gasteiger partial charge in [-0.05, 0) is 71.8 Å². The number of anilines is 3. The molecule has 0 aliphatic carbocycles. The van der Waals surface area contributed by atoms with Crippen molar-refractivity contribution in [3.05, 3.63) is 194 Å². The van der Waals surface area contributed by atoms with Crippen LogP contribution in [-0.2, 0) is 0 Å². The topological polar surface area (TPSA) is 21.3 Å². The van der Waals surface area contributed by atoms with Crippen molar-refractivity contribution in [3.63, 3.8) is 0 Å². The van der Waals surface area contributed by atoms with Crippen molar-refractivity contribution >= 4 is 60.8 Å². The summed E-state index contributed by atoms with van der Waals surface area (Å²) in [5.41, 5.74) is 12.9. The molecule has 0 spiro atoms. The van der Waals surface area contributed by atoms with Crippen LogP contribution >= 0.6 is 0 Å². The zero-order chi connectivity index (χ0) is 33.7. The average molecular weight is 653 g/mol. The molecule has 0 bridgehead atoms. The molecule has 2 aromatic heterocycles. The number of fused-ring (bicyclic) bond motifs is 6. The number of benzene rings is 8. The highest BCUT2D eigenvalue weighted by Gasteiger charge is 2.22. The number of hydrogen-bond acceptors (Lipinski definition) is 2. The van der Waals surface area contributed by atoms with E-state index >= 15 is 0 Å². The van der Waals surface area contributed by atoms with Crippen molar-refractivity contribution in [1.29, 1.82) is 0 Å². The van der Waals surface area contributed by atoms with Gasteiger partial charge in [0.2, 0.25) is 0 Å². The Morgan fingerprint density at radius 2 is 0.961 bits per heavy atom. The van der Waals surface area contributed by atoms with E-state index in [4.69, 9.17) is 4.42 Å². The number of aromatic nitrogens is 1. The first-order chi connectivity index (χ1) is 25.3. The summed E-state index contributed by atoms with van der Waals surface area (Å²) in [4.78, 5) is 2.36. The summed E-state index contributed by atoms with van der Waals surface area (Å²) < 4.78 is 9.18. The van der Waals surface area contributed by atoms with Gasteiger partial charge in [-0.3, -0.25) is 0 Å². The predicted octanol–water partition coefficient (Wildman–Crippen LogP) is 13.5. The first-order valence-electron chi connectivity index (χ1n) is 17.4. The van der Waals surface area contributed by atoms with E-state index in [0.717, 1.165) is 55.8 Å². The molecule has 0 saturated heterocycles. The molecular formula is C48H32N2O. The van der Waals surface area contributed by atoms with Crippen LogP contribution in [-0.4, -0.2) is 4.57 Å². The molecule has 0 amide bonds. The minimum atomic E-state index is 0.873. The van der Waals surface area contributed by atoms with Crippen LogP contribution in [0, 0.1) is 0 Å². The third-order valence-corrected chi connectivity index (χ3v) is 9.96. The van der Waals surface area contributed by atoms with Crippen molar-refractivity contribution in [3.8, 4) is 27.9 Å². The van der Waals surface area contributed by atoms with Gasteiger partial charge in [0.1, 0.15) is 11.2 Å². The molecule has 0 saturated carbocycles. The van der Waals surface area contributed by atoms with E-state index in [1.165, 1.54) is 32.9 Å². The zero-order valence-electron chi connectivity index (χ0n) is 27.8. The van der Waals surface area contributed by atoms with Crippen LogP contribution in [0.25, 0.3) is 71.7 Å². The lowest BCUT2D eigenvalue weighted by Gasteiger charge is -2.27. The molecule has 240 valence electrons. The number of rotatable bonds is 6. The molecule has 0 aliphatic rings. The summed E-state index contributed by atoms with van der Waals surface area (Å²) in [6, 6.07) is 69.1. The quantitative estimate of drug-likeness (QED) is 0.178. The molecule has 2 heterocycles. The van der Waals surface area contributed by atoms with E-state index in [9.17, 15) is 0 Å². The fraction of sp³-hybridized carbons (Fsp3) is 0. The maximum Gasteiger partial charge on any atom is 0.143 e. The fourth-order valence-electron chi connectivity index (χ4n) is 7.70. The molecule has 3 heteroatoms. The lowest BCUT2D eigenvalue weighted by atomic mass is 9.98. The van der Waals surface area contributed by atoms with Gasteiger partial charge in [0.25, 0.3) is 0 Å². The highest BCUT2D eigenvalue weighted by Crippen LogP contribution is 2.46. The molecule has 10 rings (SSSR count). The molecule has 3 nitrogen and oxygen atoms in total. The maximum absolute atomic E-state index is 6.78. The first-order valence-corrected chi connectivity index (χ1v) is 17.4. The largest absolute Gasteiger partial charge is 0.455 e. The van der Waals surface area contributed by atoms with Gasteiger partial charge in [0.05, 0.1) is 16.7 Å². The standard InChI is InChI=1S/C48H32N2O/c1-3-16-33(17-4-1)34-18-15-21-36(30-34)49(35-19-5-2-6-20-35)37-31-42(48-43(32-37)41-25-10-14-29-47(41)51-48)40-24-9-13-28-46(40)50-44-26-11-7-22-38(44)39-23-8-12-27-45(39)50/h1-32H. The van der Waals surface area contributed by atoms with Gasteiger partial charge in [-0.15, -0.1) is 0 Å². The van der Waals surface area contributed by atoms with Gasteiger partial charge in [0, 0.05) is 49.7 Å². The Hall–Kier alpha value is -6.84. The molecule has 0 fully saturated rings. The van der Waals surface area contributed by atoms with E-state index in [-0.39, 0.29) is 0 Å². The third-order valence-electron chi connectivity index (χ3n) is 9.96. The SMILES string of the molecule is c1ccc(-c2cccc(N(c3ccccc3)c3cc(-c4ccccc4-n4c5ccccc5c5ccccc54)c4oc5ccccc5c4c3)c2)cc1. The second-order valence-electron chi connectivity index (χ2n) is 12.9. The maximum atomic E-state index is 6.78. The van der Waals surface area contributed by atoms with Gasteiger partial charge in [-0.25, -0.2) is 0 Å². The number of para-hydroxylation sites is 5. The number of furan rings is 1. The average Bonchev–Trinajstić information content (AvgIpc) is 3.75. The monoisotopic (exact) mass is 652 g/mol. The van der Waals surface area contributed by atoms with Crippen molar-refractivity contribution in [1.82, 2.24) is 4.57 Å². The van der Waals surface area contributed by atoms with E-state index in [2.05, 4.69) is 198 Å². The number of hydrogen-bond donors (Lipinski definition) is 0. The molecule has 10 aromatic rings. The summed E-state index contributed by atoms with van der Waals surface area (Å²) in [5.74, 6) is 0. The van der Waals surface area contributed by atoms with E-state index in [1.807, 2.05) is 6.07 Å². The molecule has 8 aromatic carbocycles. The second kappa shape index (κ2) is 11.9. The highest BCUT2D eigenvalue weighted by atomic mass is 16.3. The minimum absolute atomic E-state index is 0.873. The van der Waals surface area contributed by atoms with Crippen LogP contribution < -0.4 is 4.90 Å². The Morgan fingerprint density at radius 1 is 0.373 bits per heavy atom. The van der Waals surface area contributed by atoms with Gasteiger partial charge < -0.3 is 13.9 Å². The summed E-state index contributed by atoms with van der Waals surface area (Å²) in [7, 11) is 0. The third kappa shape index (κ3) is 4.82. The van der Waals surface area contributed by atoms with E-state index in [1.54, 1.807) is 0 Å². The Kier molecular flexibility index (Phi) is 6.81. The summed E-state index contributed by atoms with van der Waals surface area (Å²) in [5, 5.41) is 4.64. The summed E-state index contributed by atoms with van der Waals surface area (Å²) in [6.45, 7) is 0. The van der Waals surface area contributed by atoms with E-state index in [0.29, 0.717) is 0 Å². The molecule has 51 heavy (non-hydrogen) atoms. The number of nitrogens with zero attached hydrogens (tertiary/aromatic N) is 2. The van der Waals surface area contributed by atoms with Gasteiger partial charge in [-0.1, -0.05) is 133 Å². The highest BCUT2D eigenvalue weighted by molar-refractivity contribution is 6.13. The Bertz CT molecular complexity index is 2810. The van der Waals surface area contributed by atoms with Crippen molar-refractivity contribution in [2.45, 2.75) is 0 Å². The van der Waals surface area contributed by atoms with E-state index < -0.39 is 0 Å². The smallest absolute Gasteiger partial charge is 0.143 e. The Balaban J connectivity index is 1.27. The van der Waals surface area contributed by atoms with Crippen molar-refractivity contribution < 1.29 is 4.42 Å². The van der Waals surface area contributed by atoms with Crippen LogP contribution in [0.5, 0.6) is 0 Å². The summed E-state index contributed by atoms with van der Waals surface area (Å²) in [6.07, 6.45) is 0. The first kappa shape index (κ1) is 29.1. The minimum Gasteiger partial charge on any atom is -0.455 e. The molecule has 0 aliphatic heterocycles. The molecule has 0 atom stereocenters. The van der Waals surface area contributed by atoms with Crippen molar-refractivity contribution in [2.24, 2.45) is 0 Å². The van der Waals surface area contributed by atoms with Crippen LogP contribution in [0.3, 0.4) is 0 Å². The van der Waals surface area contributed by atoms with Gasteiger partial charge in [-0.2, -0.15) is 0 Å². The fourth-order valence-corrected chi connectivity index (χ4v) is 7.70. The Morgan fingerprint density at radius 3 is 1.73 bits per heavy atom. The van der Waals surface area contributed by atoms with Crippen LogP contribution in [0.2, 0.25) is 0 Å². The summed E-state index contributed by atoms with van der Waals surface area (Å²) >= 11 is 0. The Labute approximate surface area is 295 Å². The van der Waals surface area contributed by atoms with Crippen LogP contribution in [0.1, 0.15) is 0 Å².